The van der Waals surface area contributed by atoms with Crippen LogP contribution in [0.3, 0.4) is 0 Å². The summed E-state index contributed by atoms with van der Waals surface area (Å²) < 4.78 is 20.8. The summed E-state index contributed by atoms with van der Waals surface area (Å²) in [4.78, 5) is 38.3. The van der Waals surface area contributed by atoms with E-state index in [4.69, 9.17) is 14.7 Å². The highest BCUT2D eigenvalue weighted by Crippen LogP contribution is 2.33. The van der Waals surface area contributed by atoms with Gasteiger partial charge in [0, 0.05) is 25.7 Å². The Morgan fingerprint density at radius 1 is 1.18 bits per heavy atom. The maximum absolute atomic E-state index is 13.9. The lowest BCUT2D eigenvalue weighted by Gasteiger charge is -2.23. The number of anilines is 2. The maximum atomic E-state index is 13.9. The van der Waals surface area contributed by atoms with Gasteiger partial charge in [-0.3, -0.25) is 14.3 Å². The number of hydrogen-bond acceptors (Lipinski definition) is 8. The smallest absolute Gasteiger partial charge is 0.407 e. The van der Waals surface area contributed by atoms with E-state index in [2.05, 4.69) is 15.5 Å². The average molecular weight is 531 g/mol. The van der Waals surface area contributed by atoms with Crippen molar-refractivity contribution in [2.75, 3.05) is 23.9 Å². The molecule has 0 radical (unpaired) electrons. The number of halogens is 1. The first kappa shape index (κ1) is 25.8. The van der Waals surface area contributed by atoms with Crippen LogP contribution < -0.4 is 15.1 Å². The van der Waals surface area contributed by atoms with Gasteiger partial charge in [0.2, 0.25) is 0 Å². The van der Waals surface area contributed by atoms with E-state index < -0.39 is 6.09 Å². The standard InChI is InChI=1S/C27H27FN8O3/c1-16(2)34(4)24-12-19-20(22(32-24)14-39-27(38)29-3)13-35(26(19)37)23-10-6-9-21(31-23)25-33-30-15-36(25)18-8-5-7-17(28)11-18/h5-12,15-16H,13-14H2,1-4H3,(H,29,38). The number of carbonyl (C=O) groups excluding carboxylic acids is 2. The molecule has 1 N–H and O–H groups in total. The van der Waals surface area contributed by atoms with Gasteiger partial charge in [-0.15, -0.1) is 10.2 Å². The number of amides is 2. The Morgan fingerprint density at radius 2 is 1.97 bits per heavy atom. The van der Waals surface area contributed by atoms with Crippen molar-refractivity contribution in [2.45, 2.75) is 33.0 Å². The number of hydrogen-bond donors (Lipinski definition) is 1. The minimum atomic E-state index is -0.592. The molecule has 4 aromatic rings. The molecule has 11 nitrogen and oxygen atoms in total. The molecule has 1 aliphatic heterocycles. The summed E-state index contributed by atoms with van der Waals surface area (Å²) in [6.07, 6.45) is 0.887. The minimum absolute atomic E-state index is 0.0902. The molecule has 12 heteroatoms. The summed E-state index contributed by atoms with van der Waals surface area (Å²) in [5.74, 6) is 0.761. The molecule has 0 spiro atoms. The van der Waals surface area contributed by atoms with Gasteiger partial charge in [-0.25, -0.2) is 19.2 Å². The summed E-state index contributed by atoms with van der Waals surface area (Å²) in [6.45, 7) is 4.14. The van der Waals surface area contributed by atoms with Crippen molar-refractivity contribution in [3.8, 4) is 17.2 Å². The molecule has 0 aliphatic carbocycles. The average Bonchev–Trinajstić information content (AvgIpc) is 3.56. The Kier molecular flexibility index (Phi) is 6.92. The molecule has 5 rings (SSSR count). The summed E-state index contributed by atoms with van der Waals surface area (Å²) in [6, 6.07) is 13.2. The number of nitrogens with zero attached hydrogens (tertiary/aromatic N) is 7. The Balaban J connectivity index is 1.50. The molecular formula is C27H27FN8O3. The number of aromatic nitrogens is 5. The van der Waals surface area contributed by atoms with Crippen LogP contribution in [0.4, 0.5) is 20.8 Å². The van der Waals surface area contributed by atoms with Crippen LogP contribution in [0, 0.1) is 5.82 Å². The van der Waals surface area contributed by atoms with Gasteiger partial charge in [-0.1, -0.05) is 12.1 Å². The number of nitrogens with one attached hydrogen (secondary N) is 1. The van der Waals surface area contributed by atoms with Gasteiger partial charge < -0.3 is 15.0 Å². The second-order valence-electron chi connectivity index (χ2n) is 9.26. The number of fused-ring (bicyclic) bond motifs is 1. The van der Waals surface area contributed by atoms with Crippen LogP contribution >= 0.6 is 0 Å². The van der Waals surface area contributed by atoms with E-state index in [1.54, 1.807) is 45.9 Å². The zero-order chi connectivity index (χ0) is 27.7. The van der Waals surface area contributed by atoms with Gasteiger partial charge in [0.1, 0.15) is 36.1 Å². The fourth-order valence-electron chi connectivity index (χ4n) is 4.23. The van der Waals surface area contributed by atoms with Crippen LogP contribution in [-0.4, -0.2) is 56.9 Å². The van der Waals surface area contributed by atoms with Crippen LogP contribution in [-0.2, 0) is 17.9 Å². The molecule has 0 fully saturated rings. The number of rotatable bonds is 7. The van der Waals surface area contributed by atoms with E-state index in [9.17, 15) is 14.0 Å². The van der Waals surface area contributed by atoms with Gasteiger partial charge in [0.05, 0.1) is 23.5 Å². The quantitative estimate of drug-likeness (QED) is 0.384. The number of ether oxygens (including phenoxy) is 1. The third-order valence-electron chi connectivity index (χ3n) is 6.54. The molecule has 1 aliphatic rings. The molecule has 0 unspecified atom stereocenters. The topological polar surface area (TPSA) is 118 Å². The van der Waals surface area contributed by atoms with Crippen LogP contribution in [0.15, 0.2) is 54.9 Å². The fourth-order valence-corrected chi connectivity index (χ4v) is 4.23. The lowest BCUT2D eigenvalue weighted by molar-refractivity contribution is 0.0996. The van der Waals surface area contributed by atoms with E-state index in [1.807, 2.05) is 25.8 Å². The first-order valence-corrected chi connectivity index (χ1v) is 12.3. The predicted octanol–water partition coefficient (Wildman–Crippen LogP) is 3.72. The van der Waals surface area contributed by atoms with Gasteiger partial charge in [0.25, 0.3) is 5.91 Å². The van der Waals surface area contributed by atoms with Crippen molar-refractivity contribution in [3.63, 3.8) is 0 Å². The third kappa shape index (κ3) is 5.00. The molecule has 0 saturated heterocycles. The van der Waals surface area contributed by atoms with Gasteiger partial charge in [-0.05, 0) is 50.2 Å². The molecule has 1 aromatic carbocycles. The first-order valence-electron chi connectivity index (χ1n) is 12.3. The van der Waals surface area contributed by atoms with Crippen molar-refractivity contribution in [2.24, 2.45) is 0 Å². The molecule has 3 aromatic heterocycles. The second-order valence-corrected chi connectivity index (χ2v) is 9.26. The normalized spacial score (nSPS) is 12.6. The first-order chi connectivity index (χ1) is 18.8. The van der Waals surface area contributed by atoms with Crippen LogP contribution in [0.25, 0.3) is 17.2 Å². The Morgan fingerprint density at radius 3 is 2.72 bits per heavy atom. The Bertz CT molecular complexity index is 1550. The molecular weight excluding hydrogens is 503 g/mol. The van der Waals surface area contributed by atoms with Crippen molar-refractivity contribution in [3.05, 3.63) is 77.5 Å². The highest BCUT2D eigenvalue weighted by atomic mass is 19.1. The van der Waals surface area contributed by atoms with E-state index in [-0.39, 0.29) is 30.9 Å². The lowest BCUT2D eigenvalue weighted by Crippen LogP contribution is -2.27. The van der Waals surface area contributed by atoms with E-state index in [0.717, 1.165) is 0 Å². The maximum Gasteiger partial charge on any atom is 0.407 e. The van der Waals surface area contributed by atoms with Crippen molar-refractivity contribution in [1.29, 1.82) is 0 Å². The lowest BCUT2D eigenvalue weighted by atomic mass is 10.1. The largest absolute Gasteiger partial charge is 0.443 e. The van der Waals surface area contributed by atoms with Crippen LogP contribution in [0.2, 0.25) is 0 Å². The molecule has 0 atom stereocenters. The number of pyridine rings is 2. The highest BCUT2D eigenvalue weighted by molar-refractivity contribution is 6.10. The van der Waals surface area contributed by atoms with Crippen molar-refractivity contribution >= 4 is 23.6 Å². The summed E-state index contributed by atoms with van der Waals surface area (Å²) in [5.41, 5.74) is 2.63. The number of carbonyl (C=O) groups is 2. The predicted molar refractivity (Wildman–Crippen MR) is 142 cm³/mol. The van der Waals surface area contributed by atoms with E-state index in [0.29, 0.717) is 45.7 Å². The summed E-state index contributed by atoms with van der Waals surface area (Å²) >= 11 is 0. The zero-order valence-corrected chi connectivity index (χ0v) is 21.9. The van der Waals surface area contributed by atoms with Gasteiger partial charge >= 0.3 is 6.09 Å². The van der Waals surface area contributed by atoms with Crippen LogP contribution in [0.1, 0.15) is 35.5 Å². The Hall–Kier alpha value is -4.87. The second kappa shape index (κ2) is 10.5. The molecule has 4 heterocycles. The molecule has 0 saturated carbocycles. The Labute approximate surface area is 224 Å². The zero-order valence-electron chi connectivity index (χ0n) is 21.9. The van der Waals surface area contributed by atoms with Crippen molar-refractivity contribution < 1.29 is 18.7 Å². The van der Waals surface area contributed by atoms with Gasteiger partial charge in [0.15, 0.2) is 5.82 Å². The minimum Gasteiger partial charge on any atom is -0.443 e. The highest BCUT2D eigenvalue weighted by Gasteiger charge is 2.34. The third-order valence-corrected chi connectivity index (χ3v) is 6.54. The molecule has 0 bridgehead atoms. The molecule has 2 amide bonds. The van der Waals surface area contributed by atoms with E-state index >= 15 is 0 Å². The monoisotopic (exact) mass is 530 g/mol. The fraction of sp³-hybridized carbons (Fsp3) is 0.259. The van der Waals surface area contributed by atoms with Gasteiger partial charge in [-0.2, -0.15) is 0 Å². The SMILES string of the molecule is CNC(=O)OCc1nc(N(C)C(C)C)cc2c1CN(c1cccc(-c3nncn3-c3cccc(F)c3)n1)C2=O. The molecule has 200 valence electrons. The number of alkyl carbamates (subject to hydrolysis) is 1. The van der Waals surface area contributed by atoms with Crippen LogP contribution in [0.5, 0.6) is 0 Å². The van der Waals surface area contributed by atoms with E-state index in [1.165, 1.54) is 25.5 Å². The summed E-state index contributed by atoms with van der Waals surface area (Å²) in [7, 11) is 3.36. The number of benzene rings is 1. The summed E-state index contributed by atoms with van der Waals surface area (Å²) in [5, 5.41) is 10.6. The molecule has 39 heavy (non-hydrogen) atoms. The van der Waals surface area contributed by atoms with Crippen molar-refractivity contribution in [1.82, 2.24) is 30.0 Å².